The van der Waals surface area contributed by atoms with Gasteiger partial charge in [-0.05, 0) is 33.1 Å². The summed E-state index contributed by atoms with van der Waals surface area (Å²) in [5.41, 5.74) is -1.73. The predicted octanol–water partition coefficient (Wildman–Crippen LogP) is 2.82. The van der Waals surface area contributed by atoms with Crippen LogP contribution in [0.25, 0.3) is 0 Å². The number of anilines is 1. The molecule has 0 heterocycles. The third-order valence-electron chi connectivity index (χ3n) is 2.62. The highest BCUT2D eigenvalue weighted by Crippen LogP contribution is 2.36. The Morgan fingerprint density at radius 1 is 1.30 bits per heavy atom. The number of hydrogen-bond acceptors (Lipinski definition) is 3. The molecule has 0 aromatic heterocycles. The van der Waals surface area contributed by atoms with E-state index in [0.717, 1.165) is 18.7 Å². The summed E-state index contributed by atoms with van der Waals surface area (Å²) in [6.07, 6.45) is -3.96. The number of alkyl halides is 3. The first-order valence-electron chi connectivity index (χ1n) is 5.96. The van der Waals surface area contributed by atoms with Crippen molar-refractivity contribution in [2.24, 2.45) is 0 Å². The van der Waals surface area contributed by atoms with E-state index in [4.69, 9.17) is 0 Å². The number of rotatable bonds is 6. The Morgan fingerprint density at radius 2 is 1.95 bits per heavy atom. The van der Waals surface area contributed by atoms with Gasteiger partial charge < -0.3 is 10.2 Å². The third kappa shape index (κ3) is 4.69. The Labute approximate surface area is 114 Å². The zero-order chi connectivity index (χ0) is 15.3. The number of nitrogens with zero attached hydrogens (tertiary/aromatic N) is 2. The molecule has 0 saturated carbocycles. The van der Waals surface area contributed by atoms with Gasteiger partial charge in [-0.3, -0.25) is 0 Å². The highest BCUT2D eigenvalue weighted by atomic mass is 19.4. The summed E-state index contributed by atoms with van der Waals surface area (Å²) in [6.45, 7) is 1.10. The maximum atomic E-state index is 12.9. The van der Waals surface area contributed by atoms with Crippen LogP contribution in [0.5, 0.6) is 0 Å². The van der Waals surface area contributed by atoms with Crippen LogP contribution in [0.4, 0.5) is 24.5 Å². The van der Waals surface area contributed by atoms with Gasteiger partial charge in [0.05, 0.1) is 15.7 Å². The van der Waals surface area contributed by atoms with Crippen LogP contribution >= 0.6 is 0 Å². The fourth-order valence-electron chi connectivity index (χ4n) is 1.65. The van der Waals surface area contributed by atoms with E-state index in [1.54, 1.807) is 0 Å². The fraction of sp³-hybridized carbons (Fsp3) is 0.500. The second-order valence-corrected chi connectivity index (χ2v) is 4.57. The van der Waals surface area contributed by atoms with Crippen molar-refractivity contribution < 1.29 is 23.3 Å². The smallest absolute Gasteiger partial charge is 0.384 e. The molecule has 0 unspecified atom stereocenters. The Kier molecular flexibility index (Phi) is 5.32. The highest BCUT2D eigenvalue weighted by Gasteiger charge is 2.36. The largest absolute Gasteiger partial charge is 0.418 e. The molecule has 111 valence electrons. The van der Waals surface area contributed by atoms with Gasteiger partial charge >= 0.3 is 16.8 Å². The van der Waals surface area contributed by atoms with Crippen LogP contribution in [0.3, 0.4) is 0 Å². The van der Waals surface area contributed by atoms with E-state index < -0.39 is 22.4 Å². The number of hydrogen-bond donors (Lipinski definition) is 1. The van der Waals surface area contributed by atoms with Gasteiger partial charge in [-0.2, -0.15) is 13.2 Å². The number of halogens is 3. The molecule has 1 rings (SSSR count). The molecule has 0 bridgehead atoms. The molecule has 0 atom stereocenters. The van der Waals surface area contributed by atoms with Crippen molar-refractivity contribution in [2.75, 3.05) is 32.5 Å². The second-order valence-electron chi connectivity index (χ2n) is 4.57. The molecule has 0 aliphatic carbocycles. The Bertz CT molecular complexity index is 476. The van der Waals surface area contributed by atoms with Gasteiger partial charge in [0.15, 0.2) is 0 Å². The monoisotopic (exact) mass is 291 g/mol. The van der Waals surface area contributed by atoms with Crippen molar-refractivity contribution in [1.82, 2.24) is 4.90 Å². The zero-order valence-corrected chi connectivity index (χ0v) is 11.2. The predicted molar refractivity (Wildman–Crippen MR) is 67.1 cm³/mol. The van der Waals surface area contributed by atoms with Crippen molar-refractivity contribution in [3.05, 3.63) is 28.7 Å². The van der Waals surface area contributed by atoms with Gasteiger partial charge in [0.25, 0.3) is 0 Å². The fourth-order valence-corrected chi connectivity index (χ4v) is 1.65. The standard InChI is InChI=1S/C12H16F3N3O2/c1-17(2)7-3-6-16-11-5-4-9(18(19)20)8-10(11)12(13,14)15/h4-5,8,16H,3,6-7H2,1-2H3/q+1. The topological polar surface area (TPSA) is 55.2 Å². The molecule has 1 radical (unpaired) electrons. The van der Waals surface area contributed by atoms with Gasteiger partial charge in [-0.25, -0.2) is 0 Å². The lowest BCUT2D eigenvalue weighted by Crippen LogP contribution is -2.17. The van der Waals surface area contributed by atoms with Crippen LogP contribution in [-0.4, -0.2) is 37.0 Å². The Morgan fingerprint density at radius 3 is 2.45 bits per heavy atom. The lowest BCUT2D eigenvalue weighted by Gasteiger charge is -2.15. The zero-order valence-electron chi connectivity index (χ0n) is 11.2. The minimum Gasteiger partial charge on any atom is -0.384 e. The maximum Gasteiger partial charge on any atom is 0.418 e. The summed E-state index contributed by atoms with van der Waals surface area (Å²) in [4.78, 5) is 11.6. The van der Waals surface area contributed by atoms with E-state index in [1.165, 1.54) is 0 Å². The number of nitrogens with one attached hydrogen (secondary N) is 1. The van der Waals surface area contributed by atoms with Crippen molar-refractivity contribution in [2.45, 2.75) is 12.6 Å². The van der Waals surface area contributed by atoms with Crippen molar-refractivity contribution in [3.63, 3.8) is 0 Å². The van der Waals surface area contributed by atoms with Crippen LogP contribution in [0, 0.1) is 4.91 Å². The summed E-state index contributed by atoms with van der Waals surface area (Å²) in [5, 5.41) is 13.2. The molecule has 0 fully saturated rings. The minimum absolute atomic E-state index is 0.137. The molecule has 0 aliphatic rings. The Balaban J connectivity index is 2.87. The van der Waals surface area contributed by atoms with E-state index in [0.29, 0.717) is 19.0 Å². The molecule has 1 aromatic rings. The normalized spacial score (nSPS) is 11.7. The molecule has 0 saturated heterocycles. The first-order chi connectivity index (χ1) is 9.21. The summed E-state index contributed by atoms with van der Waals surface area (Å²) < 4.78 is 38.6. The highest BCUT2D eigenvalue weighted by molar-refractivity contribution is 5.57. The maximum absolute atomic E-state index is 12.9. The lowest BCUT2D eigenvalue weighted by molar-refractivity contribution is -0.769. The van der Waals surface area contributed by atoms with Crippen LogP contribution in [0.15, 0.2) is 18.2 Å². The molecular formula is C12H16F3N3O2+. The summed E-state index contributed by atoms with van der Waals surface area (Å²) in [6, 6.07) is 2.70. The van der Waals surface area contributed by atoms with Gasteiger partial charge in [0.1, 0.15) is 0 Å². The van der Waals surface area contributed by atoms with Gasteiger partial charge in [-0.15, -0.1) is 0 Å². The van der Waals surface area contributed by atoms with Gasteiger partial charge in [0.2, 0.25) is 0 Å². The Hall–Kier alpha value is -1.83. The average Bonchev–Trinajstić information content (AvgIpc) is 2.33. The molecule has 1 N–H and O–H groups in total. The van der Waals surface area contributed by atoms with Crippen LogP contribution in [0.2, 0.25) is 0 Å². The molecule has 20 heavy (non-hydrogen) atoms. The first-order valence-corrected chi connectivity index (χ1v) is 5.96. The molecular weight excluding hydrogens is 275 g/mol. The van der Waals surface area contributed by atoms with Gasteiger partial charge in [0, 0.05) is 24.4 Å². The van der Waals surface area contributed by atoms with Crippen LogP contribution in [-0.2, 0) is 11.4 Å². The third-order valence-corrected chi connectivity index (χ3v) is 2.62. The second kappa shape index (κ2) is 6.56. The van der Waals surface area contributed by atoms with Gasteiger partial charge in [-0.1, -0.05) is 0 Å². The summed E-state index contributed by atoms with van der Waals surface area (Å²) in [7, 11) is 3.74. The quantitative estimate of drug-likeness (QED) is 0.647. The number of benzene rings is 1. The lowest BCUT2D eigenvalue weighted by atomic mass is 10.1. The van der Waals surface area contributed by atoms with Crippen LogP contribution in [0.1, 0.15) is 12.0 Å². The van der Waals surface area contributed by atoms with Crippen molar-refractivity contribution >= 4 is 11.4 Å². The van der Waals surface area contributed by atoms with Crippen molar-refractivity contribution in [1.29, 1.82) is 0 Å². The summed E-state index contributed by atoms with van der Waals surface area (Å²) in [5.74, 6) is 0. The molecule has 0 amide bonds. The average molecular weight is 291 g/mol. The molecule has 0 spiro atoms. The molecule has 5 nitrogen and oxygen atoms in total. The van der Waals surface area contributed by atoms with Crippen LogP contribution < -0.4 is 5.32 Å². The van der Waals surface area contributed by atoms with E-state index in [1.807, 2.05) is 19.0 Å². The minimum atomic E-state index is -4.63. The SMILES string of the molecule is CN(C)CCCNc1ccc([N+]([O])=O)cc1C(F)(F)F. The van der Waals surface area contributed by atoms with Crippen molar-refractivity contribution in [3.8, 4) is 0 Å². The van der Waals surface area contributed by atoms with E-state index >= 15 is 0 Å². The summed E-state index contributed by atoms with van der Waals surface area (Å²) >= 11 is 0. The molecule has 0 aliphatic heterocycles. The first kappa shape index (κ1) is 16.2. The molecule has 8 heteroatoms. The van der Waals surface area contributed by atoms with E-state index in [2.05, 4.69) is 5.32 Å². The van der Waals surface area contributed by atoms with E-state index in [-0.39, 0.29) is 5.69 Å². The molecule has 1 aromatic carbocycles. The van der Waals surface area contributed by atoms with E-state index in [9.17, 15) is 23.3 Å².